The molecule has 0 N–H and O–H groups in total. The van der Waals surface area contributed by atoms with E-state index in [9.17, 15) is 8.42 Å². The largest absolute Gasteiger partial charge is 0.229 e. The molecule has 21 heavy (non-hydrogen) atoms. The summed E-state index contributed by atoms with van der Waals surface area (Å²) in [4.78, 5) is 0. The molecule has 1 heterocycles. The molecule has 1 aliphatic rings. The van der Waals surface area contributed by atoms with Crippen molar-refractivity contribution in [2.45, 2.75) is 19.8 Å². The lowest BCUT2D eigenvalue weighted by atomic mass is 9.74. The average molecular weight is 459 g/mol. The van der Waals surface area contributed by atoms with Gasteiger partial charge in [-0.1, -0.05) is 55.6 Å². The van der Waals surface area contributed by atoms with Crippen molar-refractivity contribution in [3.8, 4) is 0 Å². The van der Waals surface area contributed by atoms with E-state index in [-0.39, 0.29) is 17.1 Å². The van der Waals surface area contributed by atoms with Gasteiger partial charge in [-0.2, -0.15) is 0 Å². The van der Waals surface area contributed by atoms with Gasteiger partial charge in [-0.3, -0.25) is 0 Å². The van der Waals surface area contributed by atoms with E-state index in [1.807, 2.05) is 13.0 Å². The Kier molecular flexibility index (Phi) is 5.83. The Morgan fingerprint density at radius 3 is 2.48 bits per heavy atom. The molecule has 2 nitrogen and oxygen atoms in total. The minimum Gasteiger partial charge on any atom is -0.229 e. The van der Waals surface area contributed by atoms with Gasteiger partial charge in [-0.05, 0) is 48.3 Å². The Labute approximate surface area is 148 Å². The van der Waals surface area contributed by atoms with Gasteiger partial charge < -0.3 is 0 Å². The number of hydrogen-bond acceptors (Lipinski definition) is 2. The first-order valence-electron chi connectivity index (χ1n) is 6.89. The second-order valence-electron chi connectivity index (χ2n) is 6.00. The Morgan fingerprint density at radius 1 is 1.33 bits per heavy atom. The van der Waals surface area contributed by atoms with Crippen LogP contribution >= 0.6 is 43.5 Å². The SMILES string of the molecule is Cc1ccc(CC(CBr)(CBr)C2CCS(=O)(=O)C2)c(Cl)c1. The van der Waals surface area contributed by atoms with Crippen LogP contribution in [0.1, 0.15) is 17.5 Å². The summed E-state index contributed by atoms with van der Waals surface area (Å²) in [5.41, 5.74) is 2.10. The van der Waals surface area contributed by atoms with Crippen LogP contribution in [-0.4, -0.2) is 30.6 Å². The van der Waals surface area contributed by atoms with Crippen molar-refractivity contribution in [2.75, 3.05) is 22.2 Å². The highest BCUT2D eigenvalue weighted by atomic mass is 79.9. The third-order valence-corrected chi connectivity index (χ3v) is 8.74. The molecule has 1 aromatic carbocycles. The third-order valence-electron chi connectivity index (χ3n) is 4.38. The lowest BCUT2D eigenvalue weighted by Gasteiger charge is -2.36. The van der Waals surface area contributed by atoms with E-state index < -0.39 is 9.84 Å². The van der Waals surface area contributed by atoms with Crippen LogP contribution in [0.3, 0.4) is 0 Å². The molecular weight excluding hydrogens is 439 g/mol. The zero-order valence-electron chi connectivity index (χ0n) is 11.9. The first-order valence-corrected chi connectivity index (χ1v) is 11.3. The fraction of sp³-hybridized carbons (Fsp3) is 0.600. The molecule has 0 saturated carbocycles. The highest BCUT2D eigenvalue weighted by Gasteiger charge is 2.43. The molecule has 118 valence electrons. The number of benzene rings is 1. The predicted molar refractivity (Wildman–Crippen MR) is 96.7 cm³/mol. The van der Waals surface area contributed by atoms with Gasteiger partial charge in [0, 0.05) is 15.7 Å². The van der Waals surface area contributed by atoms with Crippen LogP contribution < -0.4 is 0 Å². The second kappa shape index (κ2) is 6.90. The van der Waals surface area contributed by atoms with Gasteiger partial charge in [0.1, 0.15) is 0 Å². The van der Waals surface area contributed by atoms with E-state index >= 15 is 0 Å². The van der Waals surface area contributed by atoms with E-state index in [4.69, 9.17) is 11.6 Å². The van der Waals surface area contributed by atoms with Crippen molar-refractivity contribution in [1.29, 1.82) is 0 Å². The number of rotatable bonds is 5. The van der Waals surface area contributed by atoms with Gasteiger partial charge in [0.25, 0.3) is 0 Å². The fourth-order valence-corrected chi connectivity index (χ4v) is 7.43. The quantitative estimate of drug-likeness (QED) is 0.613. The number of aryl methyl sites for hydroxylation is 1. The molecule has 1 saturated heterocycles. The number of alkyl halides is 2. The van der Waals surface area contributed by atoms with Gasteiger partial charge in [-0.15, -0.1) is 0 Å². The topological polar surface area (TPSA) is 34.1 Å². The maximum atomic E-state index is 11.8. The van der Waals surface area contributed by atoms with Crippen LogP contribution in [0.15, 0.2) is 18.2 Å². The average Bonchev–Trinajstić information content (AvgIpc) is 2.79. The molecule has 0 radical (unpaired) electrons. The minimum atomic E-state index is -2.88. The smallest absolute Gasteiger partial charge is 0.150 e. The van der Waals surface area contributed by atoms with Crippen molar-refractivity contribution >= 4 is 53.3 Å². The summed E-state index contributed by atoms with van der Waals surface area (Å²) in [5, 5.41) is 2.28. The van der Waals surface area contributed by atoms with E-state index in [0.717, 1.165) is 39.7 Å². The molecule has 1 unspecified atom stereocenters. The molecule has 0 bridgehead atoms. The Hall–Kier alpha value is 0.420. The van der Waals surface area contributed by atoms with Crippen LogP contribution in [0.4, 0.5) is 0 Å². The summed E-state index contributed by atoms with van der Waals surface area (Å²) in [6.07, 6.45) is 1.52. The van der Waals surface area contributed by atoms with Crippen LogP contribution in [0.25, 0.3) is 0 Å². The van der Waals surface area contributed by atoms with Crippen molar-refractivity contribution < 1.29 is 8.42 Å². The highest BCUT2D eigenvalue weighted by molar-refractivity contribution is 9.09. The molecule has 1 fully saturated rings. The molecule has 2 rings (SSSR count). The van der Waals surface area contributed by atoms with Gasteiger partial charge in [0.2, 0.25) is 0 Å². The van der Waals surface area contributed by atoms with Gasteiger partial charge >= 0.3 is 0 Å². The Morgan fingerprint density at radius 2 is 2.00 bits per heavy atom. The van der Waals surface area contributed by atoms with Crippen molar-refractivity contribution in [3.05, 3.63) is 34.3 Å². The standard InChI is InChI=1S/C15H19Br2ClO2S/c1-11-2-3-12(14(18)6-11)7-15(9-16,10-17)13-4-5-21(19,20)8-13/h2-3,6,13H,4-5,7-10H2,1H3. The highest BCUT2D eigenvalue weighted by Crippen LogP contribution is 2.42. The third kappa shape index (κ3) is 4.04. The van der Waals surface area contributed by atoms with Crippen LogP contribution in [0.5, 0.6) is 0 Å². The zero-order valence-corrected chi connectivity index (χ0v) is 16.7. The lowest BCUT2D eigenvalue weighted by molar-refractivity contribution is 0.253. The van der Waals surface area contributed by atoms with E-state index in [0.29, 0.717) is 5.75 Å². The second-order valence-corrected chi connectivity index (χ2v) is 9.76. The molecule has 1 aliphatic heterocycles. The molecule has 0 aromatic heterocycles. The Bertz CT molecular complexity index is 612. The molecule has 0 spiro atoms. The summed E-state index contributed by atoms with van der Waals surface area (Å²) in [6.45, 7) is 2.02. The summed E-state index contributed by atoms with van der Waals surface area (Å²) in [6, 6.07) is 6.08. The van der Waals surface area contributed by atoms with E-state index in [2.05, 4.69) is 44.0 Å². The van der Waals surface area contributed by atoms with Crippen molar-refractivity contribution in [3.63, 3.8) is 0 Å². The molecule has 1 atom stereocenters. The maximum absolute atomic E-state index is 11.8. The summed E-state index contributed by atoms with van der Waals surface area (Å²) < 4.78 is 23.7. The maximum Gasteiger partial charge on any atom is 0.150 e. The molecular formula is C15H19Br2ClO2S. The van der Waals surface area contributed by atoms with Gasteiger partial charge in [-0.25, -0.2) is 8.42 Å². The molecule has 1 aromatic rings. The number of halogens is 3. The van der Waals surface area contributed by atoms with E-state index in [1.165, 1.54) is 0 Å². The monoisotopic (exact) mass is 456 g/mol. The summed E-state index contributed by atoms with van der Waals surface area (Å²) in [7, 11) is -2.88. The Balaban J connectivity index is 2.30. The first-order chi connectivity index (χ1) is 9.82. The fourth-order valence-electron chi connectivity index (χ4n) is 2.95. The van der Waals surface area contributed by atoms with Gasteiger partial charge in [0.15, 0.2) is 9.84 Å². The van der Waals surface area contributed by atoms with E-state index in [1.54, 1.807) is 0 Å². The molecule has 0 amide bonds. The summed E-state index contributed by atoms with van der Waals surface area (Å²) in [5.74, 6) is 0.757. The van der Waals surface area contributed by atoms with Crippen molar-refractivity contribution in [2.24, 2.45) is 11.3 Å². The van der Waals surface area contributed by atoms with Crippen LogP contribution in [0.2, 0.25) is 5.02 Å². The van der Waals surface area contributed by atoms with Gasteiger partial charge in [0.05, 0.1) is 11.5 Å². The molecule has 6 heteroatoms. The number of hydrogen-bond donors (Lipinski definition) is 0. The first kappa shape index (κ1) is 17.8. The lowest BCUT2D eigenvalue weighted by Crippen LogP contribution is -2.37. The minimum absolute atomic E-state index is 0.123. The normalized spacial score (nSPS) is 21.6. The van der Waals surface area contributed by atoms with Crippen LogP contribution in [0, 0.1) is 18.3 Å². The van der Waals surface area contributed by atoms with Crippen LogP contribution in [-0.2, 0) is 16.3 Å². The molecule has 0 aliphatic carbocycles. The zero-order chi connectivity index (χ0) is 15.7. The number of sulfone groups is 1. The predicted octanol–water partition coefficient (Wildman–Crippen LogP) is 4.40. The van der Waals surface area contributed by atoms with Crippen molar-refractivity contribution in [1.82, 2.24) is 0 Å². The summed E-state index contributed by atoms with van der Waals surface area (Å²) >= 11 is 13.6.